The molecule has 27 heavy (non-hydrogen) atoms. The van der Waals surface area contributed by atoms with Crippen LogP contribution in [-0.2, 0) is 13.1 Å². The Morgan fingerprint density at radius 3 is 2.44 bits per heavy atom. The van der Waals surface area contributed by atoms with E-state index < -0.39 is 0 Å². The van der Waals surface area contributed by atoms with Gasteiger partial charge in [0.15, 0.2) is 0 Å². The Balaban J connectivity index is 1.31. The molecule has 1 aliphatic rings. The first-order chi connectivity index (χ1) is 13.2. The maximum atomic E-state index is 4.50. The highest BCUT2D eigenvalue weighted by Gasteiger charge is 2.18. The number of nitrogens with zero attached hydrogens (tertiary/aromatic N) is 4. The van der Waals surface area contributed by atoms with E-state index in [0.717, 1.165) is 45.8 Å². The second-order valence-corrected chi connectivity index (χ2v) is 7.89. The maximum Gasteiger partial charge on any atom is 0.111 e. The van der Waals surface area contributed by atoms with Crippen LogP contribution in [0.15, 0.2) is 54.9 Å². The first-order valence-electron chi connectivity index (χ1n) is 10.1. The summed E-state index contributed by atoms with van der Waals surface area (Å²) in [6, 6.07) is 15.4. The lowest BCUT2D eigenvalue weighted by Crippen LogP contribution is -2.46. The third-order valence-electron chi connectivity index (χ3n) is 5.66. The van der Waals surface area contributed by atoms with Crippen molar-refractivity contribution in [3.63, 3.8) is 0 Å². The molecule has 0 amide bonds. The normalized spacial score (nSPS) is 16.4. The Hall–Kier alpha value is -2.17. The van der Waals surface area contributed by atoms with Crippen LogP contribution in [-0.4, -0.2) is 52.1 Å². The van der Waals surface area contributed by atoms with Gasteiger partial charge in [0.05, 0.1) is 0 Å². The lowest BCUT2D eigenvalue weighted by molar-refractivity contribution is 0.124. The molecule has 0 unspecified atom stereocenters. The summed E-state index contributed by atoms with van der Waals surface area (Å²) in [5.74, 6) is 1.68. The minimum absolute atomic E-state index is 0.484. The van der Waals surface area contributed by atoms with E-state index in [0.29, 0.717) is 5.92 Å². The summed E-state index contributed by atoms with van der Waals surface area (Å²) < 4.78 is 2.31. The summed E-state index contributed by atoms with van der Waals surface area (Å²) in [7, 11) is 0. The van der Waals surface area contributed by atoms with Gasteiger partial charge in [-0.2, -0.15) is 0 Å². The van der Waals surface area contributed by atoms with Crippen LogP contribution in [0.5, 0.6) is 0 Å². The van der Waals surface area contributed by atoms with Crippen LogP contribution in [0, 0.1) is 0 Å². The predicted octanol–water partition coefficient (Wildman–Crippen LogP) is 3.98. The van der Waals surface area contributed by atoms with Crippen LogP contribution in [0.25, 0.3) is 10.8 Å². The molecule has 0 radical (unpaired) electrons. The Labute approximate surface area is 162 Å². The number of imidazole rings is 1. The van der Waals surface area contributed by atoms with Gasteiger partial charge in [0.1, 0.15) is 5.82 Å². The maximum absolute atomic E-state index is 4.50. The van der Waals surface area contributed by atoms with Crippen molar-refractivity contribution in [2.75, 3.05) is 32.7 Å². The second kappa shape index (κ2) is 8.24. The standard InChI is InChI=1S/C23H30N4/c1-19(2)23-24-10-11-27(23)17-16-25-12-14-26(15-13-25)18-21-8-5-7-20-6-3-4-9-22(20)21/h3-11,19H,12-18H2,1-2H3. The van der Waals surface area contributed by atoms with Crippen molar-refractivity contribution in [2.24, 2.45) is 0 Å². The summed E-state index contributed by atoms with van der Waals surface area (Å²) >= 11 is 0. The summed E-state index contributed by atoms with van der Waals surface area (Å²) in [5.41, 5.74) is 1.45. The molecule has 4 rings (SSSR count). The van der Waals surface area contributed by atoms with Crippen molar-refractivity contribution < 1.29 is 0 Å². The van der Waals surface area contributed by atoms with Gasteiger partial charge in [-0.15, -0.1) is 0 Å². The van der Waals surface area contributed by atoms with Crippen molar-refractivity contribution in [3.05, 3.63) is 66.2 Å². The summed E-state index contributed by atoms with van der Waals surface area (Å²) in [5, 5.41) is 2.73. The fourth-order valence-corrected chi connectivity index (χ4v) is 4.10. The molecule has 4 heteroatoms. The molecule has 4 nitrogen and oxygen atoms in total. The highest BCUT2D eigenvalue weighted by Crippen LogP contribution is 2.20. The molecule has 0 spiro atoms. The fourth-order valence-electron chi connectivity index (χ4n) is 4.10. The summed E-state index contributed by atoms with van der Waals surface area (Å²) in [6.07, 6.45) is 4.05. The van der Waals surface area contributed by atoms with Crippen LogP contribution in [0.4, 0.5) is 0 Å². The number of rotatable bonds is 6. The van der Waals surface area contributed by atoms with E-state index in [1.54, 1.807) is 0 Å². The van der Waals surface area contributed by atoms with Crippen molar-refractivity contribution in [3.8, 4) is 0 Å². The van der Waals surface area contributed by atoms with E-state index in [4.69, 9.17) is 0 Å². The molecular weight excluding hydrogens is 332 g/mol. The molecule has 2 aromatic carbocycles. The quantitative estimate of drug-likeness (QED) is 0.663. The zero-order chi connectivity index (χ0) is 18.6. The predicted molar refractivity (Wildman–Crippen MR) is 112 cm³/mol. The highest BCUT2D eigenvalue weighted by atomic mass is 15.3. The number of piperazine rings is 1. The number of hydrogen-bond donors (Lipinski definition) is 0. The van der Waals surface area contributed by atoms with Gasteiger partial charge in [0.25, 0.3) is 0 Å². The third kappa shape index (κ3) is 4.23. The van der Waals surface area contributed by atoms with Gasteiger partial charge in [-0.05, 0) is 16.3 Å². The monoisotopic (exact) mass is 362 g/mol. The van der Waals surface area contributed by atoms with Gasteiger partial charge in [-0.1, -0.05) is 56.3 Å². The Morgan fingerprint density at radius 2 is 1.63 bits per heavy atom. The van der Waals surface area contributed by atoms with Crippen molar-refractivity contribution in [2.45, 2.75) is 32.9 Å². The number of aromatic nitrogens is 2. The summed E-state index contributed by atoms with van der Waals surface area (Å²) in [4.78, 5) is 9.68. The Kier molecular flexibility index (Phi) is 5.55. The average molecular weight is 363 g/mol. The van der Waals surface area contributed by atoms with Gasteiger partial charge >= 0.3 is 0 Å². The SMILES string of the molecule is CC(C)c1nccn1CCN1CCN(Cc2cccc3ccccc23)CC1. The van der Waals surface area contributed by atoms with Crippen molar-refractivity contribution >= 4 is 10.8 Å². The first-order valence-corrected chi connectivity index (χ1v) is 10.1. The van der Waals surface area contributed by atoms with E-state index >= 15 is 0 Å². The van der Waals surface area contributed by atoms with Gasteiger partial charge in [0, 0.05) is 64.1 Å². The topological polar surface area (TPSA) is 24.3 Å². The highest BCUT2D eigenvalue weighted by molar-refractivity contribution is 5.85. The molecule has 1 aromatic heterocycles. The molecule has 1 saturated heterocycles. The molecular formula is C23H30N4. The van der Waals surface area contributed by atoms with Gasteiger partial charge in [-0.25, -0.2) is 4.98 Å². The van der Waals surface area contributed by atoms with Gasteiger partial charge in [0.2, 0.25) is 0 Å². The number of benzene rings is 2. The second-order valence-electron chi connectivity index (χ2n) is 7.89. The Morgan fingerprint density at radius 1 is 0.889 bits per heavy atom. The molecule has 0 atom stereocenters. The van der Waals surface area contributed by atoms with Crippen LogP contribution >= 0.6 is 0 Å². The molecule has 0 aliphatic carbocycles. The summed E-state index contributed by atoms with van der Waals surface area (Å²) in [6.45, 7) is 12.2. The van der Waals surface area contributed by atoms with Crippen LogP contribution < -0.4 is 0 Å². The first kappa shape index (κ1) is 18.2. The van der Waals surface area contributed by atoms with Crippen LogP contribution in [0.2, 0.25) is 0 Å². The smallest absolute Gasteiger partial charge is 0.111 e. The minimum atomic E-state index is 0.484. The molecule has 0 saturated carbocycles. The van der Waals surface area contributed by atoms with E-state index in [-0.39, 0.29) is 0 Å². The number of fused-ring (bicyclic) bond motifs is 1. The van der Waals surface area contributed by atoms with Gasteiger partial charge in [-0.3, -0.25) is 9.80 Å². The lowest BCUT2D eigenvalue weighted by Gasteiger charge is -2.35. The molecule has 1 aliphatic heterocycles. The van der Waals surface area contributed by atoms with Gasteiger partial charge < -0.3 is 4.57 Å². The zero-order valence-corrected chi connectivity index (χ0v) is 16.5. The van der Waals surface area contributed by atoms with E-state index in [1.165, 1.54) is 22.2 Å². The zero-order valence-electron chi connectivity index (χ0n) is 16.5. The van der Waals surface area contributed by atoms with E-state index in [1.807, 2.05) is 6.20 Å². The fraction of sp³-hybridized carbons (Fsp3) is 0.435. The minimum Gasteiger partial charge on any atom is -0.333 e. The van der Waals surface area contributed by atoms with E-state index in [2.05, 4.69) is 81.9 Å². The van der Waals surface area contributed by atoms with E-state index in [9.17, 15) is 0 Å². The lowest BCUT2D eigenvalue weighted by atomic mass is 10.0. The molecule has 0 bridgehead atoms. The Bertz CT molecular complexity index is 869. The molecule has 3 aromatic rings. The average Bonchev–Trinajstić information content (AvgIpc) is 3.17. The molecule has 2 heterocycles. The largest absolute Gasteiger partial charge is 0.333 e. The van der Waals surface area contributed by atoms with Crippen molar-refractivity contribution in [1.82, 2.24) is 19.4 Å². The van der Waals surface area contributed by atoms with Crippen LogP contribution in [0.3, 0.4) is 0 Å². The van der Waals surface area contributed by atoms with Crippen LogP contribution in [0.1, 0.15) is 31.2 Å². The molecule has 0 N–H and O–H groups in total. The number of hydrogen-bond acceptors (Lipinski definition) is 3. The molecule has 1 fully saturated rings. The third-order valence-corrected chi connectivity index (χ3v) is 5.66. The van der Waals surface area contributed by atoms with Crippen molar-refractivity contribution in [1.29, 1.82) is 0 Å². The molecule has 142 valence electrons.